The lowest BCUT2D eigenvalue weighted by molar-refractivity contribution is -0.384. The third-order valence-electron chi connectivity index (χ3n) is 5.23. The summed E-state index contributed by atoms with van der Waals surface area (Å²) in [5.74, 6) is -1.08. The van der Waals surface area contributed by atoms with Crippen molar-refractivity contribution in [1.29, 1.82) is 0 Å². The molecule has 1 aliphatic rings. The molecule has 0 bridgehead atoms. The molecule has 9 nitrogen and oxygen atoms in total. The molecule has 1 aliphatic heterocycles. The number of carbonyl (C=O) groups excluding carboxylic acids is 3. The average molecular weight is 492 g/mol. The second-order valence-electron chi connectivity index (χ2n) is 7.67. The summed E-state index contributed by atoms with van der Waals surface area (Å²) in [7, 11) is 0. The molecule has 0 aromatic heterocycles. The monoisotopic (exact) mass is 491 g/mol. The lowest BCUT2D eigenvalue weighted by Gasteiger charge is -2.27. The number of hydrogen-bond acceptors (Lipinski definition) is 6. The van der Waals surface area contributed by atoms with Crippen molar-refractivity contribution in [2.45, 2.75) is 13.5 Å². The van der Waals surface area contributed by atoms with Gasteiger partial charge in [-0.1, -0.05) is 41.9 Å². The summed E-state index contributed by atoms with van der Waals surface area (Å²) in [4.78, 5) is 49.2. The Morgan fingerprint density at radius 1 is 1.06 bits per heavy atom. The standard InChI is InChI=1S/C25H18ClN3O6/c1-15-5-8-18(26)13-22(15)28-24(31)21(23(30)27-25(28)32)12-16-6-9-20(10-7-16)35-14-17-3-2-4-19(11-17)29(33)34/h2-13H,14H2,1H3,(H,27,30,32)/b21-12+. The number of benzene rings is 3. The molecule has 10 heteroatoms. The topological polar surface area (TPSA) is 119 Å². The van der Waals surface area contributed by atoms with Crippen LogP contribution in [0.2, 0.25) is 5.02 Å². The van der Waals surface area contributed by atoms with Crippen molar-refractivity contribution < 1.29 is 24.0 Å². The maximum Gasteiger partial charge on any atom is 0.335 e. The van der Waals surface area contributed by atoms with E-state index in [2.05, 4.69) is 5.32 Å². The Balaban J connectivity index is 1.52. The molecule has 35 heavy (non-hydrogen) atoms. The number of halogens is 1. The molecule has 4 amide bonds. The number of urea groups is 1. The first-order valence-electron chi connectivity index (χ1n) is 10.4. The van der Waals surface area contributed by atoms with Crippen molar-refractivity contribution in [2.75, 3.05) is 4.90 Å². The Hall–Kier alpha value is -4.50. The minimum Gasteiger partial charge on any atom is -0.489 e. The zero-order valence-electron chi connectivity index (χ0n) is 18.4. The molecule has 0 radical (unpaired) electrons. The van der Waals surface area contributed by atoms with E-state index < -0.39 is 22.8 Å². The maximum absolute atomic E-state index is 13.1. The van der Waals surface area contributed by atoms with E-state index in [4.69, 9.17) is 16.3 Å². The zero-order chi connectivity index (χ0) is 25.1. The number of amides is 4. The van der Waals surface area contributed by atoms with Crippen LogP contribution in [-0.2, 0) is 16.2 Å². The van der Waals surface area contributed by atoms with Crippen LogP contribution >= 0.6 is 11.6 Å². The van der Waals surface area contributed by atoms with Crippen molar-refractivity contribution in [3.05, 3.63) is 104 Å². The van der Waals surface area contributed by atoms with E-state index in [-0.39, 0.29) is 23.6 Å². The van der Waals surface area contributed by atoms with Gasteiger partial charge in [-0.05, 0) is 54.0 Å². The van der Waals surface area contributed by atoms with Gasteiger partial charge in [0.05, 0.1) is 10.6 Å². The van der Waals surface area contributed by atoms with Crippen LogP contribution < -0.4 is 15.0 Å². The van der Waals surface area contributed by atoms with E-state index in [0.29, 0.717) is 27.5 Å². The van der Waals surface area contributed by atoms with Crippen LogP contribution in [0.4, 0.5) is 16.2 Å². The van der Waals surface area contributed by atoms with E-state index in [1.165, 1.54) is 24.3 Å². The number of rotatable bonds is 6. The fraction of sp³-hybridized carbons (Fsp3) is 0.0800. The van der Waals surface area contributed by atoms with Gasteiger partial charge in [0.2, 0.25) is 0 Å². The van der Waals surface area contributed by atoms with Crippen LogP contribution in [-0.4, -0.2) is 22.8 Å². The van der Waals surface area contributed by atoms with Crippen LogP contribution in [0.15, 0.2) is 72.3 Å². The number of nitro benzene ring substituents is 1. The number of carbonyl (C=O) groups is 3. The molecule has 176 valence electrons. The number of anilines is 1. The molecule has 0 spiro atoms. The van der Waals surface area contributed by atoms with Crippen molar-refractivity contribution in [3.8, 4) is 5.75 Å². The Morgan fingerprint density at radius 2 is 1.80 bits per heavy atom. The number of ether oxygens (including phenoxy) is 1. The highest BCUT2D eigenvalue weighted by Crippen LogP contribution is 2.28. The molecule has 0 atom stereocenters. The zero-order valence-corrected chi connectivity index (χ0v) is 19.1. The first kappa shape index (κ1) is 23.7. The Kier molecular flexibility index (Phi) is 6.61. The highest BCUT2D eigenvalue weighted by Gasteiger charge is 2.37. The summed E-state index contributed by atoms with van der Waals surface area (Å²) in [5, 5.41) is 13.4. The smallest absolute Gasteiger partial charge is 0.335 e. The molecule has 0 unspecified atom stereocenters. The van der Waals surface area contributed by atoms with E-state index >= 15 is 0 Å². The summed E-state index contributed by atoms with van der Waals surface area (Å²) in [6.07, 6.45) is 1.38. The molecule has 1 fully saturated rings. The van der Waals surface area contributed by atoms with E-state index in [1.54, 1.807) is 55.5 Å². The molecule has 4 rings (SSSR count). The van der Waals surface area contributed by atoms with Crippen LogP contribution in [0.5, 0.6) is 5.75 Å². The molecule has 1 heterocycles. The second kappa shape index (κ2) is 9.78. The predicted molar refractivity (Wildman–Crippen MR) is 129 cm³/mol. The van der Waals surface area contributed by atoms with Crippen molar-refractivity contribution >= 4 is 46.9 Å². The minimum atomic E-state index is -0.854. The van der Waals surface area contributed by atoms with Gasteiger partial charge in [0.1, 0.15) is 17.9 Å². The third-order valence-corrected chi connectivity index (χ3v) is 5.47. The fourth-order valence-corrected chi connectivity index (χ4v) is 3.62. The number of hydrogen-bond donors (Lipinski definition) is 1. The molecular weight excluding hydrogens is 474 g/mol. The number of aryl methyl sites for hydroxylation is 1. The van der Waals surface area contributed by atoms with Crippen LogP contribution in [0, 0.1) is 17.0 Å². The summed E-state index contributed by atoms with van der Waals surface area (Å²) < 4.78 is 5.67. The molecule has 1 saturated heterocycles. The first-order chi connectivity index (χ1) is 16.7. The summed E-state index contributed by atoms with van der Waals surface area (Å²) in [6, 6.07) is 16.6. The normalized spacial score (nSPS) is 14.7. The van der Waals surface area contributed by atoms with Crippen LogP contribution in [0.25, 0.3) is 6.08 Å². The molecule has 0 saturated carbocycles. The minimum absolute atomic E-state index is 0.0241. The van der Waals surface area contributed by atoms with Crippen LogP contribution in [0.3, 0.4) is 0 Å². The number of barbiturate groups is 1. The van der Waals surface area contributed by atoms with Crippen LogP contribution in [0.1, 0.15) is 16.7 Å². The Morgan fingerprint density at radius 3 is 2.51 bits per heavy atom. The number of imide groups is 2. The van der Waals surface area contributed by atoms with Crippen molar-refractivity contribution in [1.82, 2.24) is 5.32 Å². The molecule has 1 N–H and O–H groups in total. The van der Waals surface area contributed by atoms with Gasteiger partial charge in [-0.3, -0.25) is 25.0 Å². The van der Waals surface area contributed by atoms with Gasteiger partial charge in [-0.2, -0.15) is 0 Å². The molecule has 3 aromatic rings. The van der Waals surface area contributed by atoms with Gasteiger partial charge in [-0.15, -0.1) is 0 Å². The maximum atomic E-state index is 13.1. The van der Waals surface area contributed by atoms with Gasteiger partial charge in [0, 0.05) is 17.2 Å². The molecular formula is C25H18ClN3O6. The Labute approximate surface area is 204 Å². The summed E-state index contributed by atoms with van der Waals surface area (Å²) in [5.41, 5.74) is 1.85. The van der Waals surface area contributed by atoms with Gasteiger partial charge < -0.3 is 4.74 Å². The Bertz CT molecular complexity index is 1380. The van der Waals surface area contributed by atoms with Crippen molar-refractivity contribution in [2.24, 2.45) is 0 Å². The average Bonchev–Trinajstić information content (AvgIpc) is 2.83. The van der Waals surface area contributed by atoms with E-state index in [0.717, 1.165) is 4.90 Å². The summed E-state index contributed by atoms with van der Waals surface area (Å²) >= 11 is 6.03. The fourth-order valence-electron chi connectivity index (χ4n) is 3.45. The second-order valence-corrected chi connectivity index (χ2v) is 8.11. The number of non-ortho nitro benzene ring substituents is 1. The number of nitrogens with one attached hydrogen (secondary N) is 1. The highest BCUT2D eigenvalue weighted by molar-refractivity contribution is 6.39. The number of nitro groups is 1. The molecule has 3 aromatic carbocycles. The lowest BCUT2D eigenvalue weighted by Crippen LogP contribution is -2.54. The van der Waals surface area contributed by atoms with Gasteiger partial charge in [0.15, 0.2) is 0 Å². The predicted octanol–water partition coefficient (Wildman–Crippen LogP) is 4.80. The third kappa shape index (κ3) is 5.20. The van der Waals surface area contributed by atoms with Gasteiger partial charge in [0.25, 0.3) is 17.5 Å². The quantitative estimate of drug-likeness (QED) is 0.229. The largest absolute Gasteiger partial charge is 0.489 e. The van der Waals surface area contributed by atoms with Gasteiger partial charge >= 0.3 is 6.03 Å². The summed E-state index contributed by atoms with van der Waals surface area (Å²) in [6.45, 7) is 1.84. The first-order valence-corrected chi connectivity index (χ1v) is 10.7. The van der Waals surface area contributed by atoms with Gasteiger partial charge in [-0.25, -0.2) is 9.69 Å². The van der Waals surface area contributed by atoms with E-state index in [9.17, 15) is 24.5 Å². The van der Waals surface area contributed by atoms with E-state index in [1.807, 2.05) is 0 Å². The lowest BCUT2D eigenvalue weighted by atomic mass is 10.1. The van der Waals surface area contributed by atoms with Crippen molar-refractivity contribution in [3.63, 3.8) is 0 Å². The number of nitrogens with zero attached hydrogens (tertiary/aromatic N) is 2. The SMILES string of the molecule is Cc1ccc(Cl)cc1N1C(=O)NC(=O)/C(=C\c2ccc(OCc3cccc([N+](=O)[O-])c3)cc2)C1=O. The molecule has 0 aliphatic carbocycles. The highest BCUT2D eigenvalue weighted by atomic mass is 35.5.